The van der Waals surface area contributed by atoms with Crippen molar-refractivity contribution >= 4 is 0 Å². The number of aliphatic hydroxyl groups is 2. The Morgan fingerprint density at radius 1 is 0.929 bits per heavy atom. The summed E-state index contributed by atoms with van der Waals surface area (Å²) in [5.41, 5.74) is 1.41. The van der Waals surface area contributed by atoms with Crippen molar-refractivity contribution in [1.82, 2.24) is 0 Å². The van der Waals surface area contributed by atoms with E-state index in [1.165, 1.54) is 26.4 Å². The summed E-state index contributed by atoms with van der Waals surface area (Å²) < 4.78 is 15.9. The van der Waals surface area contributed by atoms with Crippen LogP contribution in [0, 0.1) is 11.8 Å². The maximum atomic E-state index is 11.0. The van der Waals surface area contributed by atoms with Gasteiger partial charge in [-0.2, -0.15) is 0 Å². The van der Waals surface area contributed by atoms with Gasteiger partial charge in [0.2, 0.25) is 0 Å². The van der Waals surface area contributed by atoms with Crippen LogP contribution in [0.1, 0.15) is 23.1 Å². The molecular weight excluding hydrogens is 364 g/mol. The maximum absolute atomic E-state index is 11.0. The van der Waals surface area contributed by atoms with Crippen LogP contribution in [0.4, 0.5) is 0 Å². The SMILES string of the molecule is COc1cc(C(CO)[C@H]2COC[C@@H]2[C@H](O)c2ccc(O)c(OC)c2)ccc1O. The lowest BCUT2D eigenvalue weighted by Crippen LogP contribution is -2.28. The van der Waals surface area contributed by atoms with E-state index in [9.17, 15) is 20.4 Å². The van der Waals surface area contributed by atoms with Gasteiger partial charge in [0.25, 0.3) is 0 Å². The molecule has 3 rings (SSSR count). The van der Waals surface area contributed by atoms with Gasteiger partial charge in [-0.15, -0.1) is 0 Å². The zero-order valence-corrected chi connectivity index (χ0v) is 15.9. The highest BCUT2D eigenvalue weighted by Crippen LogP contribution is 2.43. The highest BCUT2D eigenvalue weighted by molar-refractivity contribution is 5.44. The molecule has 7 heteroatoms. The molecule has 2 aromatic rings. The number of ether oxygens (including phenoxy) is 3. The van der Waals surface area contributed by atoms with Crippen molar-refractivity contribution in [2.24, 2.45) is 11.8 Å². The van der Waals surface area contributed by atoms with E-state index >= 15 is 0 Å². The third kappa shape index (κ3) is 3.87. The van der Waals surface area contributed by atoms with Gasteiger partial charge in [-0.25, -0.2) is 0 Å². The molecule has 4 atom stereocenters. The van der Waals surface area contributed by atoms with Crippen molar-refractivity contribution < 1.29 is 34.6 Å². The Morgan fingerprint density at radius 3 is 2.04 bits per heavy atom. The summed E-state index contributed by atoms with van der Waals surface area (Å²) in [6, 6.07) is 9.70. The van der Waals surface area contributed by atoms with Gasteiger partial charge in [-0.1, -0.05) is 12.1 Å². The van der Waals surface area contributed by atoms with E-state index in [2.05, 4.69) is 0 Å². The molecule has 1 heterocycles. The molecule has 1 aliphatic heterocycles. The van der Waals surface area contributed by atoms with E-state index in [1.54, 1.807) is 24.3 Å². The molecule has 4 N–H and O–H groups in total. The molecule has 1 fully saturated rings. The molecule has 1 unspecified atom stereocenters. The number of hydrogen-bond acceptors (Lipinski definition) is 7. The highest BCUT2D eigenvalue weighted by atomic mass is 16.5. The minimum Gasteiger partial charge on any atom is -0.504 e. The average Bonchev–Trinajstić information content (AvgIpc) is 3.19. The Bertz CT molecular complexity index is 807. The molecule has 1 saturated heterocycles. The van der Waals surface area contributed by atoms with Crippen LogP contribution in [0.3, 0.4) is 0 Å². The van der Waals surface area contributed by atoms with Crippen LogP contribution in [0.15, 0.2) is 36.4 Å². The first kappa shape index (κ1) is 20.3. The first-order valence-electron chi connectivity index (χ1n) is 9.10. The summed E-state index contributed by atoms with van der Waals surface area (Å²) in [6.07, 6.45) is -0.852. The second-order valence-corrected chi connectivity index (χ2v) is 6.96. The number of aromatic hydroxyl groups is 2. The summed E-state index contributed by atoms with van der Waals surface area (Å²) in [4.78, 5) is 0. The predicted octanol–water partition coefficient (Wildman–Crippen LogP) is 2.19. The molecule has 0 saturated carbocycles. The van der Waals surface area contributed by atoms with E-state index < -0.39 is 6.10 Å². The van der Waals surface area contributed by atoms with Crippen molar-refractivity contribution in [2.75, 3.05) is 34.0 Å². The van der Waals surface area contributed by atoms with E-state index in [1.807, 2.05) is 0 Å². The molecular formula is C21H26O7. The summed E-state index contributed by atoms with van der Waals surface area (Å²) >= 11 is 0. The highest BCUT2D eigenvalue weighted by Gasteiger charge is 2.40. The van der Waals surface area contributed by atoms with Gasteiger partial charge in [-0.05, 0) is 41.3 Å². The Kier molecular flexibility index (Phi) is 6.28. The van der Waals surface area contributed by atoms with Crippen LogP contribution in [0.2, 0.25) is 0 Å². The monoisotopic (exact) mass is 390 g/mol. The smallest absolute Gasteiger partial charge is 0.160 e. The second-order valence-electron chi connectivity index (χ2n) is 6.96. The third-order valence-electron chi connectivity index (χ3n) is 5.47. The van der Waals surface area contributed by atoms with Crippen LogP contribution >= 0.6 is 0 Å². The lowest BCUT2D eigenvalue weighted by Gasteiger charge is -2.29. The van der Waals surface area contributed by atoms with Gasteiger partial charge in [-0.3, -0.25) is 0 Å². The number of aliphatic hydroxyl groups excluding tert-OH is 2. The van der Waals surface area contributed by atoms with Crippen molar-refractivity contribution in [3.05, 3.63) is 47.5 Å². The molecule has 28 heavy (non-hydrogen) atoms. The normalized spacial score (nSPS) is 21.3. The minimum absolute atomic E-state index is 0.00194. The molecule has 0 bridgehead atoms. The molecule has 152 valence electrons. The second kappa shape index (κ2) is 8.68. The van der Waals surface area contributed by atoms with Crippen LogP contribution in [-0.2, 0) is 4.74 Å². The number of hydrogen-bond donors (Lipinski definition) is 4. The van der Waals surface area contributed by atoms with E-state index in [0.717, 1.165) is 5.56 Å². The standard InChI is InChI=1S/C21H26O7/c1-26-19-7-12(3-5-17(19)23)14(9-22)15-10-28-11-16(15)21(25)13-4-6-18(24)20(8-13)27-2/h3-8,14-16,21-25H,9-11H2,1-2H3/t14?,15-,16+,21-/m1/s1. The quantitative estimate of drug-likeness (QED) is 0.574. The molecule has 1 aliphatic rings. The zero-order chi connectivity index (χ0) is 20.3. The molecule has 0 amide bonds. The molecule has 0 aliphatic carbocycles. The van der Waals surface area contributed by atoms with Gasteiger partial charge >= 0.3 is 0 Å². The fourth-order valence-corrected chi connectivity index (χ4v) is 3.87. The zero-order valence-electron chi connectivity index (χ0n) is 15.9. The first-order chi connectivity index (χ1) is 13.5. The van der Waals surface area contributed by atoms with Crippen LogP contribution < -0.4 is 9.47 Å². The third-order valence-corrected chi connectivity index (χ3v) is 5.47. The molecule has 0 spiro atoms. The number of methoxy groups -OCH3 is 2. The van der Waals surface area contributed by atoms with E-state index in [4.69, 9.17) is 14.2 Å². The average molecular weight is 390 g/mol. The Balaban J connectivity index is 1.88. The molecule has 2 aromatic carbocycles. The molecule has 0 radical (unpaired) electrons. The topological polar surface area (TPSA) is 109 Å². The van der Waals surface area contributed by atoms with Crippen LogP contribution in [0.25, 0.3) is 0 Å². The van der Waals surface area contributed by atoms with Crippen molar-refractivity contribution in [3.63, 3.8) is 0 Å². The van der Waals surface area contributed by atoms with Crippen LogP contribution in [-0.4, -0.2) is 54.5 Å². The van der Waals surface area contributed by atoms with E-state index in [-0.39, 0.29) is 41.6 Å². The summed E-state index contributed by atoms with van der Waals surface area (Å²) in [5.74, 6) is -0.0550. The summed E-state index contributed by atoms with van der Waals surface area (Å²) in [5, 5.41) is 40.7. The number of phenols is 2. The van der Waals surface area contributed by atoms with Crippen molar-refractivity contribution in [1.29, 1.82) is 0 Å². The Hall–Kier alpha value is -2.48. The lowest BCUT2D eigenvalue weighted by atomic mass is 9.76. The van der Waals surface area contributed by atoms with Crippen molar-refractivity contribution in [2.45, 2.75) is 12.0 Å². The van der Waals surface area contributed by atoms with Gasteiger partial charge < -0.3 is 34.6 Å². The number of rotatable bonds is 7. The number of benzene rings is 2. The van der Waals surface area contributed by atoms with Crippen molar-refractivity contribution in [3.8, 4) is 23.0 Å². The molecule has 7 nitrogen and oxygen atoms in total. The fourth-order valence-electron chi connectivity index (χ4n) is 3.87. The fraction of sp³-hybridized carbons (Fsp3) is 0.429. The summed E-state index contributed by atoms with van der Waals surface area (Å²) in [6.45, 7) is 0.607. The molecule has 0 aromatic heterocycles. The van der Waals surface area contributed by atoms with Gasteiger partial charge in [0.1, 0.15) is 0 Å². The lowest BCUT2D eigenvalue weighted by molar-refractivity contribution is 0.0709. The Morgan fingerprint density at radius 2 is 1.46 bits per heavy atom. The minimum atomic E-state index is -0.852. The Labute approximate surface area is 163 Å². The first-order valence-corrected chi connectivity index (χ1v) is 9.10. The summed E-state index contributed by atoms with van der Waals surface area (Å²) in [7, 11) is 2.92. The van der Waals surface area contributed by atoms with E-state index in [0.29, 0.717) is 24.5 Å². The van der Waals surface area contributed by atoms with Gasteiger partial charge in [0.15, 0.2) is 23.0 Å². The van der Waals surface area contributed by atoms with Crippen LogP contribution in [0.5, 0.6) is 23.0 Å². The largest absolute Gasteiger partial charge is 0.504 e. The maximum Gasteiger partial charge on any atom is 0.160 e. The van der Waals surface area contributed by atoms with Gasteiger partial charge in [0.05, 0.1) is 40.1 Å². The van der Waals surface area contributed by atoms with Gasteiger partial charge in [0, 0.05) is 11.8 Å². The predicted molar refractivity (Wildman–Crippen MR) is 102 cm³/mol. The number of phenolic OH excluding ortho intramolecular Hbond substituents is 2.